The number of nitrogens with one attached hydrogen (secondary N) is 2. The lowest BCUT2D eigenvalue weighted by Crippen LogP contribution is -2.25. The molecule has 5 rings (SSSR count). The summed E-state index contributed by atoms with van der Waals surface area (Å²) in [5.74, 6) is -1.38. The van der Waals surface area contributed by atoms with Crippen molar-refractivity contribution in [2.75, 3.05) is 17.2 Å². The summed E-state index contributed by atoms with van der Waals surface area (Å²) in [5, 5.41) is 5.48. The third-order valence-corrected chi connectivity index (χ3v) is 5.31. The number of pyridine rings is 1. The van der Waals surface area contributed by atoms with Crippen LogP contribution >= 0.6 is 0 Å². The molecule has 0 aliphatic carbocycles. The number of hydrogen-bond acceptors (Lipinski definition) is 5. The summed E-state index contributed by atoms with van der Waals surface area (Å²) in [6.45, 7) is 1.24. The standard InChI is InChI=1S/C24H18F2N4O4/c1-13-22(24(32)28-14-7-8-18-20(10-14)34-12-21(31)29-18)30-9-3-6-19(23(30)27-13)33-11-15-16(25)4-2-5-17(15)26/h2-10H,11-12H2,1H3,(H,28,32)(H,29,31). The van der Waals surface area contributed by atoms with Crippen LogP contribution in [0.5, 0.6) is 11.5 Å². The molecule has 0 spiro atoms. The van der Waals surface area contributed by atoms with E-state index in [1.165, 1.54) is 6.07 Å². The van der Waals surface area contributed by atoms with Crippen LogP contribution in [0, 0.1) is 18.6 Å². The minimum Gasteiger partial charge on any atom is -0.485 e. The number of halogens is 2. The summed E-state index contributed by atoms with van der Waals surface area (Å²) < 4.78 is 40.5. The van der Waals surface area contributed by atoms with Crippen molar-refractivity contribution < 1.29 is 27.8 Å². The molecule has 0 radical (unpaired) electrons. The van der Waals surface area contributed by atoms with Gasteiger partial charge >= 0.3 is 0 Å². The average Bonchev–Trinajstić information content (AvgIpc) is 3.15. The maximum absolute atomic E-state index is 13.9. The van der Waals surface area contributed by atoms with Crippen molar-refractivity contribution in [3.63, 3.8) is 0 Å². The SMILES string of the molecule is Cc1nc2c(OCc3c(F)cccc3F)cccn2c1C(=O)Nc1ccc2c(c1)OCC(=O)N2. The van der Waals surface area contributed by atoms with E-state index in [0.717, 1.165) is 12.1 Å². The van der Waals surface area contributed by atoms with E-state index in [0.29, 0.717) is 28.5 Å². The second-order valence-corrected chi connectivity index (χ2v) is 7.60. The van der Waals surface area contributed by atoms with Crippen LogP contribution in [0.1, 0.15) is 21.7 Å². The number of aromatic nitrogens is 2. The zero-order valence-electron chi connectivity index (χ0n) is 17.9. The lowest BCUT2D eigenvalue weighted by atomic mass is 10.2. The van der Waals surface area contributed by atoms with Gasteiger partial charge < -0.3 is 20.1 Å². The molecule has 1 aliphatic rings. The Morgan fingerprint density at radius 1 is 1.21 bits per heavy atom. The van der Waals surface area contributed by atoms with Crippen LogP contribution in [0.4, 0.5) is 20.2 Å². The summed E-state index contributed by atoms with van der Waals surface area (Å²) in [7, 11) is 0. The first kappa shape index (κ1) is 21.4. The molecule has 2 aromatic carbocycles. The van der Waals surface area contributed by atoms with Gasteiger partial charge in [-0.2, -0.15) is 0 Å². The van der Waals surface area contributed by atoms with Crippen molar-refractivity contribution in [1.29, 1.82) is 0 Å². The van der Waals surface area contributed by atoms with Crippen molar-refractivity contribution in [3.8, 4) is 11.5 Å². The molecule has 0 unspecified atom stereocenters. The van der Waals surface area contributed by atoms with Crippen molar-refractivity contribution >= 4 is 28.8 Å². The van der Waals surface area contributed by atoms with Gasteiger partial charge in [0.15, 0.2) is 18.0 Å². The first-order valence-electron chi connectivity index (χ1n) is 10.3. The largest absolute Gasteiger partial charge is 0.485 e. The Morgan fingerprint density at radius 2 is 2.00 bits per heavy atom. The van der Waals surface area contributed by atoms with Crippen LogP contribution in [0.25, 0.3) is 5.65 Å². The molecular formula is C24H18F2N4O4. The van der Waals surface area contributed by atoms with Crippen molar-refractivity contribution in [2.24, 2.45) is 0 Å². The van der Waals surface area contributed by atoms with Gasteiger partial charge in [-0.3, -0.25) is 14.0 Å². The minimum absolute atomic E-state index is 0.101. The van der Waals surface area contributed by atoms with Crippen LogP contribution in [0.2, 0.25) is 0 Å². The Hall–Kier alpha value is -4.47. The molecule has 2 aromatic heterocycles. The minimum atomic E-state index is -0.708. The van der Waals surface area contributed by atoms with Crippen LogP contribution < -0.4 is 20.1 Å². The summed E-state index contributed by atoms with van der Waals surface area (Å²) in [6.07, 6.45) is 1.65. The highest BCUT2D eigenvalue weighted by molar-refractivity contribution is 6.05. The van der Waals surface area contributed by atoms with Gasteiger partial charge in [0, 0.05) is 18.0 Å². The van der Waals surface area contributed by atoms with Gasteiger partial charge in [-0.05, 0) is 43.3 Å². The monoisotopic (exact) mass is 464 g/mol. The molecule has 0 fully saturated rings. The van der Waals surface area contributed by atoms with Crippen LogP contribution in [0.15, 0.2) is 54.7 Å². The number of benzene rings is 2. The van der Waals surface area contributed by atoms with Gasteiger partial charge in [0.25, 0.3) is 11.8 Å². The maximum Gasteiger partial charge on any atom is 0.274 e. The fourth-order valence-electron chi connectivity index (χ4n) is 3.71. The number of amides is 2. The molecule has 2 N–H and O–H groups in total. The second-order valence-electron chi connectivity index (χ2n) is 7.60. The third-order valence-electron chi connectivity index (χ3n) is 5.31. The van der Waals surface area contributed by atoms with E-state index in [1.54, 1.807) is 47.9 Å². The van der Waals surface area contributed by atoms with Crippen LogP contribution in [-0.2, 0) is 11.4 Å². The Bertz CT molecular complexity index is 1430. The molecule has 4 aromatic rings. The summed E-state index contributed by atoms with van der Waals surface area (Å²) in [4.78, 5) is 28.9. The zero-order chi connectivity index (χ0) is 23.8. The number of aryl methyl sites for hydroxylation is 1. The molecule has 0 bridgehead atoms. The Morgan fingerprint density at radius 3 is 2.79 bits per heavy atom. The van der Waals surface area contributed by atoms with E-state index in [9.17, 15) is 18.4 Å². The summed E-state index contributed by atoms with van der Waals surface area (Å²) >= 11 is 0. The van der Waals surface area contributed by atoms with E-state index in [2.05, 4.69) is 15.6 Å². The number of carbonyl (C=O) groups is 2. The quantitative estimate of drug-likeness (QED) is 0.464. The summed E-state index contributed by atoms with van der Waals surface area (Å²) in [6, 6.07) is 11.7. The lowest BCUT2D eigenvalue weighted by Gasteiger charge is -2.18. The number of ether oxygens (including phenoxy) is 2. The first-order chi connectivity index (χ1) is 16.4. The number of nitrogens with zero attached hydrogens (tertiary/aromatic N) is 2. The third kappa shape index (κ3) is 3.90. The van der Waals surface area contributed by atoms with Gasteiger partial charge in [-0.15, -0.1) is 0 Å². The van der Waals surface area contributed by atoms with E-state index in [4.69, 9.17) is 9.47 Å². The van der Waals surface area contributed by atoms with E-state index in [-0.39, 0.29) is 36.1 Å². The van der Waals surface area contributed by atoms with Gasteiger partial charge in [0.05, 0.1) is 16.9 Å². The number of hydrogen-bond donors (Lipinski definition) is 2. The highest BCUT2D eigenvalue weighted by Gasteiger charge is 2.21. The first-order valence-corrected chi connectivity index (χ1v) is 10.3. The molecule has 10 heteroatoms. The van der Waals surface area contributed by atoms with Crippen LogP contribution in [0.3, 0.4) is 0 Å². The highest BCUT2D eigenvalue weighted by atomic mass is 19.1. The number of rotatable bonds is 5. The fraction of sp³-hybridized carbons (Fsp3) is 0.125. The molecule has 8 nitrogen and oxygen atoms in total. The zero-order valence-corrected chi connectivity index (χ0v) is 17.9. The number of anilines is 2. The molecule has 0 atom stereocenters. The molecule has 2 amide bonds. The second kappa shape index (κ2) is 8.47. The Balaban J connectivity index is 1.40. The normalized spacial score (nSPS) is 12.6. The number of imidazole rings is 1. The molecule has 3 heterocycles. The maximum atomic E-state index is 13.9. The highest BCUT2D eigenvalue weighted by Crippen LogP contribution is 2.31. The van der Waals surface area contributed by atoms with Gasteiger partial charge in [0.1, 0.15) is 29.7 Å². The van der Waals surface area contributed by atoms with E-state index >= 15 is 0 Å². The van der Waals surface area contributed by atoms with E-state index < -0.39 is 17.5 Å². The molecule has 172 valence electrons. The molecule has 1 aliphatic heterocycles. The number of fused-ring (bicyclic) bond motifs is 2. The van der Waals surface area contributed by atoms with Crippen LogP contribution in [-0.4, -0.2) is 27.8 Å². The van der Waals surface area contributed by atoms with Crippen molar-refractivity contribution in [2.45, 2.75) is 13.5 Å². The van der Waals surface area contributed by atoms with Crippen molar-refractivity contribution in [3.05, 3.63) is 83.3 Å². The van der Waals surface area contributed by atoms with E-state index in [1.807, 2.05) is 0 Å². The number of carbonyl (C=O) groups excluding carboxylic acids is 2. The summed E-state index contributed by atoms with van der Waals surface area (Å²) in [5.41, 5.74) is 1.83. The molecule has 34 heavy (non-hydrogen) atoms. The molecule has 0 saturated heterocycles. The van der Waals surface area contributed by atoms with Gasteiger partial charge in [-0.1, -0.05) is 6.07 Å². The Kier molecular flexibility index (Phi) is 5.33. The fourth-order valence-corrected chi connectivity index (χ4v) is 3.71. The smallest absolute Gasteiger partial charge is 0.274 e. The average molecular weight is 464 g/mol. The Labute approximate surface area is 192 Å². The molecule has 0 saturated carbocycles. The predicted molar refractivity (Wildman–Crippen MR) is 119 cm³/mol. The topological polar surface area (TPSA) is 94.0 Å². The lowest BCUT2D eigenvalue weighted by molar-refractivity contribution is -0.118. The van der Waals surface area contributed by atoms with Gasteiger partial charge in [0.2, 0.25) is 0 Å². The van der Waals surface area contributed by atoms with Gasteiger partial charge in [-0.25, -0.2) is 13.8 Å². The van der Waals surface area contributed by atoms with Crippen molar-refractivity contribution in [1.82, 2.24) is 9.38 Å². The molecular weight excluding hydrogens is 446 g/mol. The predicted octanol–water partition coefficient (Wildman–Crippen LogP) is 4.08.